The van der Waals surface area contributed by atoms with Gasteiger partial charge in [-0.3, -0.25) is 9.59 Å². The van der Waals surface area contributed by atoms with Gasteiger partial charge in [0.25, 0.3) is 5.91 Å². The van der Waals surface area contributed by atoms with Crippen LogP contribution in [0.5, 0.6) is 0 Å². The fourth-order valence-electron chi connectivity index (χ4n) is 2.09. The van der Waals surface area contributed by atoms with Gasteiger partial charge in [-0.2, -0.15) is 0 Å². The average Bonchev–Trinajstić information content (AvgIpc) is 2.82. The average molecular weight is 243 g/mol. The molecule has 96 valence electrons. The van der Waals surface area contributed by atoms with Crippen molar-refractivity contribution in [1.29, 1.82) is 0 Å². The molecular formula is C11H19N2O4+. The minimum Gasteiger partial charge on any atom is -0.463 e. The van der Waals surface area contributed by atoms with E-state index >= 15 is 0 Å². The Labute approximate surface area is 100 Å². The lowest BCUT2D eigenvalue weighted by atomic mass is 10.1. The van der Waals surface area contributed by atoms with E-state index in [4.69, 9.17) is 9.47 Å². The summed E-state index contributed by atoms with van der Waals surface area (Å²) >= 11 is 0. The van der Waals surface area contributed by atoms with Crippen LogP contribution in [0.1, 0.15) is 19.3 Å². The molecule has 2 saturated heterocycles. The van der Waals surface area contributed by atoms with Gasteiger partial charge in [0.15, 0.2) is 6.04 Å². The van der Waals surface area contributed by atoms with Gasteiger partial charge in [0.05, 0.1) is 19.2 Å². The van der Waals surface area contributed by atoms with E-state index in [0.717, 1.165) is 26.0 Å². The van der Waals surface area contributed by atoms with Gasteiger partial charge in [-0.15, -0.1) is 0 Å². The number of esters is 1. The zero-order chi connectivity index (χ0) is 12.1. The molecule has 0 aromatic rings. The molecule has 2 heterocycles. The third-order valence-electron chi connectivity index (χ3n) is 3.07. The highest BCUT2D eigenvalue weighted by molar-refractivity contribution is 5.85. The molecule has 6 nitrogen and oxygen atoms in total. The highest BCUT2D eigenvalue weighted by Crippen LogP contribution is 2.12. The van der Waals surface area contributed by atoms with E-state index in [-0.39, 0.29) is 30.4 Å². The first-order chi connectivity index (χ1) is 8.25. The highest BCUT2D eigenvalue weighted by Gasteiger charge is 2.29. The summed E-state index contributed by atoms with van der Waals surface area (Å²) in [6.07, 6.45) is 2.16. The van der Waals surface area contributed by atoms with Crippen LogP contribution in [-0.2, 0) is 19.1 Å². The fraction of sp³-hybridized carbons (Fsp3) is 0.818. The first-order valence-electron chi connectivity index (χ1n) is 6.14. The summed E-state index contributed by atoms with van der Waals surface area (Å²) in [5.74, 6) is -0.399. The minimum atomic E-state index is -0.333. The first-order valence-corrected chi connectivity index (χ1v) is 6.14. The molecule has 2 atom stereocenters. The van der Waals surface area contributed by atoms with Crippen molar-refractivity contribution in [3.63, 3.8) is 0 Å². The molecule has 0 aliphatic carbocycles. The minimum absolute atomic E-state index is 0.0445. The number of quaternary nitrogens is 1. The third-order valence-corrected chi connectivity index (χ3v) is 3.07. The summed E-state index contributed by atoms with van der Waals surface area (Å²) in [7, 11) is 0. The number of amides is 1. The number of hydrogen-bond acceptors (Lipinski definition) is 4. The second kappa shape index (κ2) is 5.97. The van der Waals surface area contributed by atoms with E-state index in [1.165, 1.54) is 0 Å². The summed E-state index contributed by atoms with van der Waals surface area (Å²) in [6.45, 7) is 2.55. The predicted molar refractivity (Wildman–Crippen MR) is 58.1 cm³/mol. The lowest BCUT2D eigenvalue weighted by Gasteiger charge is -2.19. The summed E-state index contributed by atoms with van der Waals surface area (Å²) in [4.78, 5) is 23.0. The number of piperazine rings is 1. The molecule has 2 aliphatic heterocycles. The molecule has 0 aromatic carbocycles. The smallest absolute Gasteiger partial charge is 0.312 e. The second-order valence-electron chi connectivity index (χ2n) is 4.44. The van der Waals surface area contributed by atoms with Crippen LogP contribution in [0, 0.1) is 0 Å². The Balaban J connectivity index is 1.67. The molecule has 2 aliphatic rings. The lowest BCUT2D eigenvalue weighted by molar-refractivity contribution is -0.678. The van der Waals surface area contributed by atoms with Crippen molar-refractivity contribution < 1.29 is 24.4 Å². The van der Waals surface area contributed by atoms with E-state index in [1.54, 1.807) is 0 Å². The summed E-state index contributed by atoms with van der Waals surface area (Å²) < 4.78 is 10.5. The lowest BCUT2D eigenvalue weighted by Crippen LogP contribution is -2.96. The molecule has 0 radical (unpaired) electrons. The maximum atomic E-state index is 11.5. The van der Waals surface area contributed by atoms with Crippen molar-refractivity contribution in [1.82, 2.24) is 5.32 Å². The van der Waals surface area contributed by atoms with Crippen LogP contribution in [0.25, 0.3) is 0 Å². The monoisotopic (exact) mass is 243 g/mol. The molecule has 0 unspecified atom stereocenters. The van der Waals surface area contributed by atoms with Crippen LogP contribution < -0.4 is 10.6 Å². The number of ether oxygens (including phenoxy) is 2. The molecule has 1 amide bonds. The van der Waals surface area contributed by atoms with Crippen molar-refractivity contribution in [2.24, 2.45) is 0 Å². The Morgan fingerprint density at radius 1 is 1.59 bits per heavy atom. The molecule has 17 heavy (non-hydrogen) atoms. The van der Waals surface area contributed by atoms with Crippen molar-refractivity contribution in [3.05, 3.63) is 0 Å². The number of carbonyl (C=O) groups excluding carboxylic acids is 2. The summed E-state index contributed by atoms with van der Waals surface area (Å²) in [5, 5.41) is 4.61. The molecule has 6 heteroatoms. The molecule has 3 N–H and O–H groups in total. The van der Waals surface area contributed by atoms with Gasteiger partial charge in [-0.05, 0) is 12.8 Å². The van der Waals surface area contributed by atoms with Crippen LogP contribution in [0.4, 0.5) is 0 Å². The Morgan fingerprint density at radius 2 is 2.47 bits per heavy atom. The van der Waals surface area contributed by atoms with E-state index in [9.17, 15) is 9.59 Å². The Morgan fingerprint density at radius 3 is 3.18 bits per heavy atom. The number of nitrogens with one attached hydrogen (secondary N) is 1. The predicted octanol–water partition coefficient (Wildman–Crippen LogP) is -1.84. The largest absolute Gasteiger partial charge is 0.463 e. The maximum absolute atomic E-state index is 11.5. The molecule has 0 spiro atoms. The van der Waals surface area contributed by atoms with Gasteiger partial charge in [-0.25, -0.2) is 0 Å². The molecule has 0 aromatic heterocycles. The van der Waals surface area contributed by atoms with Crippen molar-refractivity contribution in [3.8, 4) is 0 Å². The van der Waals surface area contributed by atoms with Crippen LogP contribution in [0.2, 0.25) is 0 Å². The van der Waals surface area contributed by atoms with Gasteiger partial charge < -0.3 is 20.1 Å². The van der Waals surface area contributed by atoms with Crippen LogP contribution in [-0.4, -0.2) is 50.3 Å². The Bertz CT molecular complexity index is 289. The Kier molecular flexibility index (Phi) is 4.33. The highest BCUT2D eigenvalue weighted by atomic mass is 16.6. The van der Waals surface area contributed by atoms with Gasteiger partial charge in [0, 0.05) is 6.61 Å². The van der Waals surface area contributed by atoms with E-state index in [0.29, 0.717) is 13.2 Å². The van der Waals surface area contributed by atoms with E-state index in [1.807, 2.05) is 5.32 Å². The number of nitrogens with two attached hydrogens (primary N) is 1. The van der Waals surface area contributed by atoms with Gasteiger partial charge in [0.2, 0.25) is 0 Å². The SMILES string of the molecule is O=C(C[C@H]1[NH2+]CCNC1=O)OC[C@@H]1CCCO1. The summed E-state index contributed by atoms with van der Waals surface area (Å²) in [6, 6.07) is -0.333. The molecular weight excluding hydrogens is 224 g/mol. The molecule has 0 saturated carbocycles. The number of hydrogen-bond donors (Lipinski definition) is 2. The van der Waals surface area contributed by atoms with E-state index in [2.05, 4.69) is 5.32 Å². The van der Waals surface area contributed by atoms with Crippen molar-refractivity contribution in [2.45, 2.75) is 31.4 Å². The molecule has 2 rings (SSSR count). The third kappa shape index (κ3) is 3.67. The zero-order valence-electron chi connectivity index (χ0n) is 9.81. The standard InChI is InChI=1S/C11H18N2O4/c14-10(17-7-8-2-1-5-16-8)6-9-11(15)13-4-3-12-9/h8-9,12H,1-7H2,(H,13,15)/p+1/t8-,9+/m0/s1. The van der Waals surface area contributed by atoms with E-state index < -0.39 is 0 Å². The topological polar surface area (TPSA) is 81.2 Å². The number of rotatable bonds is 4. The van der Waals surface area contributed by atoms with Crippen LogP contribution >= 0.6 is 0 Å². The van der Waals surface area contributed by atoms with Crippen molar-refractivity contribution in [2.75, 3.05) is 26.3 Å². The first kappa shape index (κ1) is 12.3. The van der Waals surface area contributed by atoms with Gasteiger partial charge in [0.1, 0.15) is 13.0 Å². The zero-order valence-corrected chi connectivity index (χ0v) is 9.81. The van der Waals surface area contributed by atoms with Gasteiger partial charge >= 0.3 is 5.97 Å². The van der Waals surface area contributed by atoms with Gasteiger partial charge in [-0.1, -0.05) is 0 Å². The molecule has 2 fully saturated rings. The van der Waals surface area contributed by atoms with Crippen LogP contribution in [0.3, 0.4) is 0 Å². The second-order valence-corrected chi connectivity index (χ2v) is 4.44. The number of carbonyl (C=O) groups is 2. The van der Waals surface area contributed by atoms with Crippen LogP contribution in [0.15, 0.2) is 0 Å². The Hall–Kier alpha value is -1.14. The molecule has 0 bridgehead atoms. The fourth-order valence-corrected chi connectivity index (χ4v) is 2.09. The summed E-state index contributed by atoms with van der Waals surface area (Å²) in [5.41, 5.74) is 0. The maximum Gasteiger partial charge on any atom is 0.312 e. The quantitative estimate of drug-likeness (QED) is 0.569. The van der Waals surface area contributed by atoms with Crippen molar-refractivity contribution >= 4 is 11.9 Å². The normalized spacial score (nSPS) is 28.8.